The second-order valence-corrected chi connectivity index (χ2v) is 12.4. The number of sulfonamides is 1. The lowest BCUT2D eigenvalue weighted by Crippen LogP contribution is -2.51. The molecule has 216 valence electrons. The van der Waals surface area contributed by atoms with Crippen LogP contribution >= 0.6 is 0 Å². The first-order chi connectivity index (χ1) is 18.5. The van der Waals surface area contributed by atoms with Crippen LogP contribution in [0.5, 0.6) is 5.75 Å². The van der Waals surface area contributed by atoms with E-state index in [9.17, 15) is 18.3 Å². The fourth-order valence-electron chi connectivity index (χ4n) is 4.20. The minimum atomic E-state index is -4.16. The second kappa shape index (κ2) is 14.1. The van der Waals surface area contributed by atoms with Crippen molar-refractivity contribution < 1.29 is 37.4 Å². The van der Waals surface area contributed by atoms with Crippen LogP contribution in [0.25, 0.3) is 0 Å². The Labute approximate surface area is 231 Å². The number of aliphatic hydroxyl groups is 1. The van der Waals surface area contributed by atoms with Gasteiger partial charge in [-0.2, -0.15) is 0 Å². The number of carbonyl (C=O) groups excluding carboxylic acids is 1. The average Bonchev–Trinajstić information content (AvgIpc) is 3.39. The van der Waals surface area contributed by atoms with E-state index in [1.54, 1.807) is 20.8 Å². The zero-order valence-corrected chi connectivity index (χ0v) is 23.9. The maximum atomic E-state index is 13.7. The van der Waals surface area contributed by atoms with E-state index in [1.807, 2.05) is 30.3 Å². The van der Waals surface area contributed by atoms with Crippen molar-refractivity contribution in [1.82, 2.24) is 9.79 Å². The summed E-state index contributed by atoms with van der Waals surface area (Å²) in [6.45, 7) is 4.86. The zero-order chi connectivity index (χ0) is 28.5. The summed E-state index contributed by atoms with van der Waals surface area (Å²) in [5.74, 6) is 0.448. The second-order valence-electron chi connectivity index (χ2n) is 10.5. The van der Waals surface area contributed by atoms with Crippen LogP contribution in [-0.2, 0) is 30.8 Å². The lowest BCUT2D eigenvalue weighted by Gasteiger charge is -2.31. The Hall–Kier alpha value is -2.70. The van der Waals surface area contributed by atoms with Crippen LogP contribution in [0, 0.1) is 0 Å². The van der Waals surface area contributed by atoms with E-state index in [4.69, 9.17) is 19.0 Å². The smallest absolute Gasteiger partial charge is 0.407 e. The van der Waals surface area contributed by atoms with Crippen LogP contribution in [0.3, 0.4) is 0 Å². The van der Waals surface area contributed by atoms with Crippen molar-refractivity contribution >= 4 is 16.1 Å². The van der Waals surface area contributed by atoms with Crippen LogP contribution in [0.4, 0.5) is 4.79 Å². The third kappa shape index (κ3) is 9.77. The molecular weight excluding hydrogens is 524 g/mol. The normalized spacial score (nSPS) is 16.2. The molecule has 0 bridgehead atoms. The van der Waals surface area contributed by atoms with E-state index in [0.717, 1.165) is 35.7 Å². The number of aliphatic hydroxyl groups excluding tert-OH is 1. The summed E-state index contributed by atoms with van der Waals surface area (Å²) >= 11 is 0. The van der Waals surface area contributed by atoms with Crippen molar-refractivity contribution in [3.63, 3.8) is 0 Å². The number of nitrogens with one attached hydrogen (secondary N) is 1. The molecule has 0 aromatic heterocycles. The molecule has 2 aromatic carbocycles. The van der Waals surface area contributed by atoms with Crippen LogP contribution in [-0.4, -0.2) is 68.4 Å². The quantitative estimate of drug-likeness (QED) is 0.276. The molecule has 0 spiro atoms. The SMILES string of the molecule is COCOc1ccc(S(=O)(=O)N(C[C@H](O)[C@H](Cc2ccccc2)NC(=O)OC(C)(C)C)OC2CCCC2)cc1. The Balaban J connectivity index is 1.84. The summed E-state index contributed by atoms with van der Waals surface area (Å²) in [4.78, 5) is 18.6. The summed E-state index contributed by atoms with van der Waals surface area (Å²) in [5.41, 5.74) is 0.113. The van der Waals surface area contributed by atoms with Crippen LogP contribution in [0.15, 0.2) is 59.5 Å². The first-order valence-electron chi connectivity index (χ1n) is 13.1. The van der Waals surface area contributed by atoms with Crippen LogP contribution < -0.4 is 10.1 Å². The Kier molecular flexibility index (Phi) is 11.1. The number of benzene rings is 2. The highest BCUT2D eigenvalue weighted by Crippen LogP contribution is 2.27. The first kappa shape index (κ1) is 30.8. The molecule has 1 aliphatic carbocycles. The molecule has 1 saturated carbocycles. The van der Waals surface area contributed by atoms with Gasteiger partial charge in [-0.05, 0) is 69.9 Å². The Morgan fingerprint density at radius 3 is 2.31 bits per heavy atom. The molecule has 0 radical (unpaired) electrons. The number of ether oxygens (including phenoxy) is 3. The van der Waals surface area contributed by atoms with Gasteiger partial charge in [-0.3, -0.25) is 4.84 Å². The molecule has 10 nitrogen and oxygen atoms in total. The van der Waals surface area contributed by atoms with E-state index in [1.165, 1.54) is 31.4 Å². The minimum Gasteiger partial charge on any atom is -0.468 e. The standard InChI is InChI=1S/C28H40N2O8S/c1-28(2,3)37-27(32)29-25(18-21-10-6-5-7-11-21)26(31)19-30(38-23-12-8-9-13-23)39(33,34)24-16-14-22(15-17-24)36-20-35-4/h5-7,10-11,14-17,23,25-26,31H,8-9,12-13,18-20H2,1-4H3,(H,29,32)/t25-,26-/m0/s1. The average molecular weight is 565 g/mol. The third-order valence-electron chi connectivity index (χ3n) is 6.10. The minimum absolute atomic E-state index is 0.0165. The highest BCUT2D eigenvalue weighted by Gasteiger charge is 2.35. The maximum Gasteiger partial charge on any atom is 0.407 e. The topological polar surface area (TPSA) is 124 Å². The number of nitrogens with zero attached hydrogens (tertiary/aromatic N) is 1. The predicted octanol–water partition coefficient (Wildman–Crippen LogP) is 4.03. The third-order valence-corrected chi connectivity index (χ3v) is 7.74. The number of hydrogen-bond donors (Lipinski definition) is 2. The molecule has 2 aromatic rings. The van der Waals surface area contributed by atoms with Gasteiger partial charge in [0, 0.05) is 7.11 Å². The van der Waals surface area contributed by atoms with Crippen LogP contribution in [0.2, 0.25) is 0 Å². The number of methoxy groups -OCH3 is 1. The van der Waals surface area contributed by atoms with Crippen molar-refractivity contribution in [3.05, 3.63) is 60.2 Å². The van der Waals surface area contributed by atoms with Gasteiger partial charge in [-0.15, -0.1) is 0 Å². The highest BCUT2D eigenvalue weighted by atomic mass is 32.2. The van der Waals surface area contributed by atoms with Crippen molar-refractivity contribution in [1.29, 1.82) is 0 Å². The molecule has 1 fully saturated rings. The molecular formula is C28H40N2O8S. The van der Waals surface area contributed by atoms with E-state index < -0.39 is 40.4 Å². The van der Waals surface area contributed by atoms with Gasteiger partial charge >= 0.3 is 6.09 Å². The molecule has 0 heterocycles. The molecule has 1 amide bonds. The number of hydroxylamine groups is 1. The Bertz CT molecular complexity index is 1130. The highest BCUT2D eigenvalue weighted by molar-refractivity contribution is 7.89. The van der Waals surface area contributed by atoms with Gasteiger partial charge in [-0.1, -0.05) is 47.6 Å². The molecule has 2 atom stereocenters. The Morgan fingerprint density at radius 2 is 1.72 bits per heavy atom. The first-order valence-corrected chi connectivity index (χ1v) is 14.5. The summed E-state index contributed by atoms with van der Waals surface area (Å²) in [7, 11) is -2.67. The molecule has 2 N–H and O–H groups in total. The number of amides is 1. The molecule has 0 unspecified atom stereocenters. The molecule has 1 aliphatic rings. The van der Waals surface area contributed by atoms with Crippen molar-refractivity contribution in [2.45, 2.75) is 81.6 Å². The molecule has 3 rings (SSSR count). The number of carbonyl (C=O) groups is 1. The van der Waals surface area contributed by atoms with Crippen LogP contribution in [0.1, 0.15) is 52.0 Å². The fraction of sp³-hybridized carbons (Fsp3) is 0.536. The summed E-state index contributed by atoms with van der Waals surface area (Å²) in [6.07, 6.45) is 1.25. The Morgan fingerprint density at radius 1 is 1.08 bits per heavy atom. The van der Waals surface area contributed by atoms with E-state index in [0.29, 0.717) is 5.75 Å². The van der Waals surface area contributed by atoms with E-state index >= 15 is 0 Å². The summed E-state index contributed by atoms with van der Waals surface area (Å²) in [6, 6.07) is 14.3. The number of alkyl carbamates (subject to hydrolysis) is 1. The lowest BCUT2D eigenvalue weighted by molar-refractivity contribution is -0.145. The van der Waals surface area contributed by atoms with E-state index in [2.05, 4.69) is 5.32 Å². The van der Waals surface area contributed by atoms with Crippen molar-refractivity contribution in [3.8, 4) is 5.75 Å². The van der Waals surface area contributed by atoms with Gasteiger partial charge in [0.2, 0.25) is 0 Å². The maximum absolute atomic E-state index is 13.7. The monoisotopic (exact) mass is 564 g/mol. The zero-order valence-electron chi connectivity index (χ0n) is 23.0. The largest absolute Gasteiger partial charge is 0.468 e. The molecule has 0 aliphatic heterocycles. The van der Waals surface area contributed by atoms with E-state index in [-0.39, 0.29) is 24.2 Å². The van der Waals surface area contributed by atoms with Crippen molar-refractivity contribution in [2.24, 2.45) is 0 Å². The van der Waals surface area contributed by atoms with Gasteiger partial charge in [0.1, 0.15) is 11.4 Å². The summed E-state index contributed by atoms with van der Waals surface area (Å²) < 4.78 is 43.9. The van der Waals surface area contributed by atoms with Gasteiger partial charge in [0.05, 0.1) is 29.7 Å². The van der Waals surface area contributed by atoms with Gasteiger partial charge < -0.3 is 24.6 Å². The van der Waals surface area contributed by atoms with Crippen molar-refractivity contribution in [2.75, 3.05) is 20.4 Å². The number of rotatable bonds is 13. The number of hydrogen-bond acceptors (Lipinski definition) is 8. The predicted molar refractivity (Wildman–Crippen MR) is 145 cm³/mol. The van der Waals surface area contributed by atoms with Gasteiger partial charge in [0.25, 0.3) is 10.0 Å². The molecule has 11 heteroatoms. The fourth-order valence-corrected chi connectivity index (χ4v) is 5.50. The molecule has 0 saturated heterocycles. The summed E-state index contributed by atoms with van der Waals surface area (Å²) in [5, 5.41) is 14.0. The lowest BCUT2D eigenvalue weighted by atomic mass is 10.0. The van der Waals surface area contributed by atoms with Gasteiger partial charge in [0.15, 0.2) is 6.79 Å². The molecule has 39 heavy (non-hydrogen) atoms. The van der Waals surface area contributed by atoms with Gasteiger partial charge in [-0.25, -0.2) is 13.2 Å².